The molecule has 2 aromatic rings. The minimum absolute atomic E-state index is 0.123. The zero-order valence-corrected chi connectivity index (χ0v) is 15.0. The van der Waals surface area contributed by atoms with Gasteiger partial charge in [-0.25, -0.2) is 4.39 Å². The molecule has 0 bridgehead atoms. The molecule has 8 heteroatoms. The van der Waals surface area contributed by atoms with Gasteiger partial charge in [0.1, 0.15) is 12.8 Å². The van der Waals surface area contributed by atoms with Crippen LogP contribution in [0.4, 0.5) is 13.2 Å². The van der Waals surface area contributed by atoms with Gasteiger partial charge in [0.15, 0.2) is 0 Å². The Morgan fingerprint density at radius 1 is 1.15 bits per heavy atom. The first-order chi connectivity index (χ1) is 12.9. The standard InChI is InChI=1S/C19H22F3N3O2/c1-11(23-2)15-8-7-14(10-24-15)12-3-5-13(6-4-12)17(26)16(9-20)25-19(27)18(21)22/h3-8,10-11,16-18,23,26H,9H2,1-2H3,(H,25,27). The van der Waals surface area contributed by atoms with E-state index in [1.54, 1.807) is 35.8 Å². The minimum Gasteiger partial charge on any atom is -0.386 e. The van der Waals surface area contributed by atoms with Gasteiger partial charge in [-0.1, -0.05) is 30.3 Å². The van der Waals surface area contributed by atoms with E-state index in [-0.39, 0.29) is 6.04 Å². The highest BCUT2D eigenvalue weighted by atomic mass is 19.3. The molecule has 0 aliphatic heterocycles. The summed E-state index contributed by atoms with van der Waals surface area (Å²) in [6.07, 6.45) is -2.99. The van der Waals surface area contributed by atoms with E-state index in [9.17, 15) is 23.1 Å². The van der Waals surface area contributed by atoms with E-state index in [1.165, 1.54) is 0 Å². The Morgan fingerprint density at radius 3 is 2.26 bits per heavy atom. The Balaban J connectivity index is 2.12. The van der Waals surface area contributed by atoms with Crippen LogP contribution in [0.2, 0.25) is 0 Å². The molecule has 2 rings (SSSR count). The summed E-state index contributed by atoms with van der Waals surface area (Å²) in [6, 6.07) is 9.02. The number of aromatic nitrogens is 1. The molecule has 0 fully saturated rings. The molecule has 0 saturated heterocycles. The van der Waals surface area contributed by atoms with Crippen molar-refractivity contribution in [1.29, 1.82) is 0 Å². The van der Waals surface area contributed by atoms with E-state index in [1.807, 2.05) is 26.1 Å². The van der Waals surface area contributed by atoms with Crippen molar-refractivity contribution < 1.29 is 23.1 Å². The second-order valence-electron chi connectivity index (χ2n) is 6.12. The van der Waals surface area contributed by atoms with Crippen LogP contribution >= 0.6 is 0 Å². The highest BCUT2D eigenvalue weighted by Crippen LogP contribution is 2.24. The topological polar surface area (TPSA) is 74.2 Å². The van der Waals surface area contributed by atoms with Gasteiger partial charge >= 0.3 is 6.43 Å². The molecule has 1 aromatic carbocycles. The van der Waals surface area contributed by atoms with E-state index in [0.717, 1.165) is 16.8 Å². The third-order valence-electron chi connectivity index (χ3n) is 4.32. The SMILES string of the molecule is CNC(C)c1ccc(-c2ccc(C(O)C(CF)NC(=O)C(F)F)cc2)cn1. The summed E-state index contributed by atoms with van der Waals surface area (Å²) in [4.78, 5) is 15.4. The maximum absolute atomic E-state index is 13.1. The second kappa shape index (κ2) is 9.48. The van der Waals surface area contributed by atoms with Crippen molar-refractivity contribution >= 4 is 5.91 Å². The van der Waals surface area contributed by atoms with E-state index >= 15 is 0 Å². The van der Waals surface area contributed by atoms with Gasteiger partial charge in [0.2, 0.25) is 0 Å². The lowest BCUT2D eigenvalue weighted by Gasteiger charge is -2.22. The molecule has 1 amide bonds. The second-order valence-corrected chi connectivity index (χ2v) is 6.12. The predicted molar refractivity (Wildman–Crippen MR) is 96.0 cm³/mol. The fraction of sp³-hybridized carbons (Fsp3) is 0.368. The quantitative estimate of drug-likeness (QED) is 0.657. The first kappa shape index (κ1) is 20.9. The maximum atomic E-state index is 13.1. The van der Waals surface area contributed by atoms with E-state index in [4.69, 9.17) is 0 Å². The van der Waals surface area contributed by atoms with E-state index in [2.05, 4.69) is 10.3 Å². The van der Waals surface area contributed by atoms with Crippen molar-refractivity contribution in [3.05, 3.63) is 53.9 Å². The molecule has 3 unspecified atom stereocenters. The van der Waals surface area contributed by atoms with Crippen molar-refractivity contribution in [2.75, 3.05) is 13.7 Å². The summed E-state index contributed by atoms with van der Waals surface area (Å²) in [5.74, 6) is -1.62. The molecular formula is C19H22F3N3O2. The molecular weight excluding hydrogens is 359 g/mol. The van der Waals surface area contributed by atoms with E-state index in [0.29, 0.717) is 5.56 Å². The summed E-state index contributed by atoms with van der Waals surface area (Å²) in [5.41, 5.74) is 2.89. The lowest BCUT2D eigenvalue weighted by molar-refractivity contribution is -0.133. The number of alkyl halides is 3. The molecule has 1 heterocycles. The summed E-state index contributed by atoms with van der Waals surface area (Å²) < 4.78 is 37.7. The molecule has 0 saturated carbocycles. The lowest BCUT2D eigenvalue weighted by Crippen LogP contribution is -2.43. The smallest absolute Gasteiger partial charge is 0.315 e. The largest absolute Gasteiger partial charge is 0.386 e. The number of carbonyl (C=O) groups is 1. The highest BCUT2D eigenvalue weighted by Gasteiger charge is 2.26. The molecule has 0 spiro atoms. The first-order valence-electron chi connectivity index (χ1n) is 8.43. The van der Waals surface area contributed by atoms with Gasteiger partial charge in [-0.2, -0.15) is 8.78 Å². The zero-order chi connectivity index (χ0) is 20.0. The number of hydrogen-bond acceptors (Lipinski definition) is 4. The van der Waals surface area contributed by atoms with Gasteiger partial charge in [-0.05, 0) is 31.2 Å². The van der Waals surface area contributed by atoms with Crippen LogP contribution in [0, 0.1) is 0 Å². The van der Waals surface area contributed by atoms with Crippen molar-refractivity contribution in [2.24, 2.45) is 0 Å². The zero-order valence-electron chi connectivity index (χ0n) is 15.0. The number of halogens is 3. The fourth-order valence-electron chi connectivity index (χ4n) is 2.53. The maximum Gasteiger partial charge on any atom is 0.315 e. The average Bonchev–Trinajstić information content (AvgIpc) is 2.70. The molecule has 27 heavy (non-hydrogen) atoms. The lowest BCUT2D eigenvalue weighted by atomic mass is 9.99. The number of pyridine rings is 1. The van der Waals surface area contributed by atoms with Crippen LogP contribution in [0.15, 0.2) is 42.6 Å². The van der Waals surface area contributed by atoms with Gasteiger partial charge in [0.25, 0.3) is 5.91 Å². The Bertz CT molecular complexity index is 739. The predicted octanol–water partition coefficient (Wildman–Crippen LogP) is 2.78. The molecule has 0 aliphatic carbocycles. The number of aliphatic hydroxyl groups is 1. The summed E-state index contributed by atoms with van der Waals surface area (Å²) in [7, 11) is 1.85. The highest BCUT2D eigenvalue weighted by molar-refractivity contribution is 5.79. The van der Waals surface area contributed by atoms with Crippen LogP contribution in [0.5, 0.6) is 0 Å². The van der Waals surface area contributed by atoms with Crippen LogP contribution in [0.3, 0.4) is 0 Å². The average molecular weight is 381 g/mol. The third-order valence-corrected chi connectivity index (χ3v) is 4.32. The molecule has 0 radical (unpaired) electrons. The molecule has 3 atom stereocenters. The van der Waals surface area contributed by atoms with Gasteiger partial charge in [0.05, 0.1) is 11.7 Å². The number of amides is 1. The number of carbonyl (C=O) groups excluding carboxylic acids is 1. The summed E-state index contributed by atoms with van der Waals surface area (Å²) in [6.45, 7) is 0.822. The number of aliphatic hydroxyl groups excluding tert-OH is 1. The Kier molecular flexibility index (Phi) is 7.32. The number of nitrogens with zero attached hydrogens (tertiary/aromatic N) is 1. The molecule has 1 aromatic heterocycles. The summed E-state index contributed by atoms with van der Waals surface area (Å²) in [5, 5.41) is 15.1. The third kappa shape index (κ3) is 5.27. The molecule has 146 valence electrons. The molecule has 3 N–H and O–H groups in total. The van der Waals surface area contributed by atoms with Gasteiger partial charge in [0, 0.05) is 17.8 Å². The fourth-order valence-corrected chi connectivity index (χ4v) is 2.53. The van der Waals surface area contributed by atoms with Crippen LogP contribution in [0.1, 0.15) is 30.3 Å². The van der Waals surface area contributed by atoms with Crippen LogP contribution < -0.4 is 10.6 Å². The number of nitrogens with one attached hydrogen (secondary N) is 2. The number of hydrogen-bond donors (Lipinski definition) is 3. The van der Waals surface area contributed by atoms with Crippen LogP contribution in [-0.4, -0.2) is 42.2 Å². The normalized spacial score (nSPS) is 14.6. The van der Waals surface area contributed by atoms with Gasteiger partial charge in [-0.15, -0.1) is 0 Å². The molecule has 0 aliphatic rings. The van der Waals surface area contributed by atoms with Crippen LogP contribution in [-0.2, 0) is 4.79 Å². The Morgan fingerprint density at radius 2 is 1.78 bits per heavy atom. The van der Waals surface area contributed by atoms with Crippen LogP contribution in [0.25, 0.3) is 11.1 Å². The summed E-state index contributed by atoms with van der Waals surface area (Å²) >= 11 is 0. The van der Waals surface area contributed by atoms with Crippen molar-refractivity contribution in [1.82, 2.24) is 15.6 Å². The minimum atomic E-state index is -3.27. The number of rotatable bonds is 8. The first-order valence-corrected chi connectivity index (χ1v) is 8.43. The Hall–Kier alpha value is -2.45. The van der Waals surface area contributed by atoms with Gasteiger partial charge in [-0.3, -0.25) is 9.78 Å². The van der Waals surface area contributed by atoms with Gasteiger partial charge < -0.3 is 15.7 Å². The van der Waals surface area contributed by atoms with Crippen molar-refractivity contribution in [3.8, 4) is 11.1 Å². The van der Waals surface area contributed by atoms with Crippen molar-refractivity contribution in [3.63, 3.8) is 0 Å². The Labute approximate surface area is 155 Å². The van der Waals surface area contributed by atoms with Crippen molar-refractivity contribution in [2.45, 2.75) is 31.5 Å². The number of benzene rings is 1. The van der Waals surface area contributed by atoms with E-state index < -0.39 is 31.2 Å². The monoisotopic (exact) mass is 381 g/mol. The molecule has 5 nitrogen and oxygen atoms in total.